The summed E-state index contributed by atoms with van der Waals surface area (Å²) < 4.78 is 5.78. The zero-order valence-corrected chi connectivity index (χ0v) is 19.4. The first-order valence-electron chi connectivity index (χ1n) is 11.4. The normalized spacial score (nSPS) is 14.9. The second-order valence-corrected chi connectivity index (χ2v) is 8.63. The van der Waals surface area contributed by atoms with E-state index in [0.717, 1.165) is 44.1 Å². The fraction of sp³-hybridized carbons (Fsp3) is 0.269. The Hall–Kier alpha value is -3.75. The number of aromatic nitrogens is 3. The van der Waals surface area contributed by atoms with E-state index in [4.69, 9.17) is 4.74 Å². The Bertz CT molecular complexity index is 1270. The molecule has 8 heteroatoms. The fourth-order valence-corrected chi connectivity index (χ4v) is 4.11. The van der Waals surface area contributed by atoms with Gasteiger partial charge >= 0.3 is 6.01 Å². The number of likely N-dealkylation sites (N-methyl/N-ethyl adjacent to an activating group) is 1. The van der Waals surface area contributed by atoms with Gasteiger partial charge in [-0.3, -0.25) is 9.88 Å². The molecule has 1 fully saturated rings. The van der Waals surface area contributed by atoms with Crippen LogP contribution in [-0.4, -0.2) is 70.1 Å². The predicted octanol–water partition coefficient (Wildman–Crippen LogP) is 4.04. The minimum atomic E-state index is -0.129. The fourth-order valence-electron chi connectivity index (χ4n) is 4.11. The Morgan fingerprint density at radius 1 is 0.971 bits per heavy atom. The second kappa shape index (κ2) is 9.62. The Morgan fingerprint density at radius 2 is 1.76 bits per heavy atom. The molecule has 1 aliphatic heterocycles. The molecule has 1 aliphatic rings. The van der Waals surface area contributed by atoms with Crippen molar-refractivity contribution < 1.29 is 9.84 Å². The molecule has 2 aromatic heterocycles. The molecule has 4 aromatic rings. The molecule has 0 unspecified atom stereocenters. The van der Waals surface area contributed by atoms with Crippen LogP contribution in [-0.2, 0) is 6.54 Å². The first-order chi connectivity index (χ1) is 16.5. The lowest BCUT2D eigenvalue weighted by molar-refractivity contribution is 0.148. The monoisotopic (exact) mass is 456 g/mol. The molecule has 0 spiro atoms. The smallest absolute Gasteiger partial charge is 0.325 e. The van der Waals surface area contributed by atoms with Gasteiger partial charge in [0.2, 0.25) is 5.88 Å². The van der Waals surface area contributed by atoms with Crippen LogP contribution in [0.3, 0.4) is 0 Å². The Morgan fingerprint density at radius 3 is 2.56 bits per heavy atom. The quantitative estimate of drug-likeness (QED) is 0.466. The van der Waals surface area contributed by atoms with Crippen molar-refractivity contribution in [2.75, 3.05) is 45.2 Å². The van der Waals surface area contributed by atoms with Gasteiger partial charge in [0.25, 0.3) is 0 Å². The first-order valence-corrected chi connectivity index (χ1v) is 11.4. The summed E-state index contributed by atoms with van der Waals surface area (Å²) in [4.78, 5) is 19.4. The number of rotatable bonds is 6. The van der Waals surface area contributed by atoms with Gasteiger partial charge < -0.3 is 19.6 Å². The zero-order valence-electron chi connectivity index (χ0n) is 19.4. The molecular formula is C26H28N6O2. The van der Waals surface area contributed by atoms with E-state index in [2.05, 4.69) is 68.0 Å². The standard InChI is InChI=1S/C26H28N6O2/c1-30-12-14-32(15-13-30)18-19-4-3-5-21(16-19)31(2)20-6-8-22(9-7-20)34-26-28-24-17-27-11-10-23(24)25(33)29-26/h3-11,16-17H,12-15,18H2,1-2H3,(H,28,29,33). The van der Waals surface area contributed by atoms with E-state index in [1.54, 1.807) is 18.5 Å². The number of hydrogen-bond acceptors (Lipinski definition) is 8. The van der Waals surface area contributed by atoms with Crippen LogP contribution in [0.15, 0.2) is 67.0 Å². The van der Waals surface area contributed by atoms with Crippen LogP contribution in [0.2, 0.25) is 0 Å². The maximum atomic E-state index is 10.1. The van der Waals surface area contributed by atoms with E-state index < -0.39 is 0 Å². The molecule has 34 heavy (non-hydrogen) atoms. The Balaban J connectivity index is 1.27. The molecule has 0 atom stereocenters. The van der Waals surface area contributed by atoms with Crippen molar-refractivity contribution in [1.29, 1.82) is 0 Å². The van der Waals surface area contributed by atoms with Crippen molar-refractivity contribution in [2.45, 2.75) is 6.54 Å². The van der Waals surface area contributed by atoms with Gasteiger partial charge in [-0.15, -0.1) is 0 Å². The van der Waals surface area contributed by atoms with E-state index in [1.807, 2.05) is 24.3 Å². The highest BCUT2D eigenvalue weighted by molar-refractivity contribution is 5.82. The minimum Gasteiger partial charge on any atom is -0.493 e. The molecule has 2 aromatic carbocycles. The summed E-state index contributed by atoms with van der Waals surface area (Å²) in [5, 5.41) is 10.7. The Kier molecular flexibility index (Phi) is 6.24. The highest BCUT2D eigenvalue weighted by atomic mass is 16.5. The molecule has 3 heterocycles. The Labute approximate surface area is 199 Å². The molecule has 8 nitrogen and oxygen atoms in total. The number of fused-ring (bicyclic) bond motifs is 1. The summed E-state index contributed by atoms with van der Waals surface area (Å²) in [5.41, 5.74) is 4.01. The molecule has 5 rings (SSSR count). The average Bonchev–Trinajstić information content (AvgIpc) is 2.86. The summed E-state index contributed by atoms with van der Waals surface area (Å²) in [6, 6.07) is 18.2. The van der Waals surface area contributed by atoms with E-state index in [-0.39, 0.29) is 11.9 Å². The SMILES string of the molecule is CN1CCN(Cc2cccc(N(C)c3ccc(Oc4nc(O)c5ccncc5n4)cc3)c2)CC1. The number of nitrogens with zero attached hydrogens (tertiary/aromatic N) is 6. The van der Waals surface area contributed by atoms with Gasteiger partial charge in [-0.2, -0.15) is 9.97 Å². The number of aromatic hydroxyl groups is 1. The van der Waals surface area contributed by atoms with Gasteiger partial charge in [-0.1, -0.05) is 12.1 Å². The molecule has 0 amide bonds. The van der Waals surface area contributed by atoms with Crippen LogP contribution < -0.4 is 9.64 Å². The number of pyridine rings is 1. The van der Waals surface area contributed by atoms with Gasteiger partial charge in [-0.05, 0) is 55.1 Å². The third kappa shape index (κ3) is 4.93. The lowest BCUT2D eigenvalue weighted by atomic mass is 10.1. The number of ether oxygens (including phenoxy) is 1. The van der Waals surface area contributed by atoms with Crippen LogP contribution in [0.25, 0.3) is 10.9 Å². The summed E-state index contributed by atoms with van der Waals surface area (Å²) in [6.07, 6.45) is 3.16. The molecule has 0 saturated carbocycles. The van der Waals surface area contributed by atoms with E-state index in [1.165, 1.54) is 5.56 Å². The summed E-state index contributed by atoms with van der Waals surface area (Å²) in [6.45, 7) is 5.42. The molecule has 174 valence electrons. The van der Waals surface area contributed by atoms with Crippen molar-refractivity contribution in [3.63, 3.8) is 0 Å². The van der Waals surface area contributed by atoms with Crippen LogP contribution in [0.5, 0.6) is 17.6 Å². The van der Waals surface area contributed by atoms with Crippen LogP contribution in [0.4, 0.5) is 11.4 Å². The van der Waals surface area contributed by atoms with Gasteiger partial charge in [0.1, 0.15) is 5.75 Å². The van der Waals surface area contributed by atoms with Crippen molar-refractivity contribution >= 4 is 22.3 Å². The third-order valence-corrected chi connectivity index (χ3v) is 6.19. The lowest BCUT2D eigenvalue weighted by Crippen LogP contribution is -2.43. The van der Waals surface area contributed by atoms with Crippen LogP contribution in [0, 0.1) is 0 Å². The summed E-state index contributed by atoms with van der Waals surface area (Å²) in [7, 11) is 4.24. The van der Waals surface area contributed by atoms with Crippen molar-refractivity contribution in [3.8, 4) is 17.6 Å². The zero-order chi connectivity index (χ0) is 23.5. The lowest BCUT2D eigenvalue weighted by Gasteiger charge is -2.32. The maximum Gasteiger partial charge on any atom is 0.325 e. The highest BCUT2D eigenvalue weighted by Crippen LogP contribution is 2.29. The summed E-state index contributed by atoms with van der Waals surface area (Å²) >= 11 is 0. The second-order valence-electron chi connectivity index (χ2n) is 8.63. The van der Waals surface area contributed by atoms with Gasteiger partial charge in [-0.25, -0.2) is 0 Å². The van der Waals surface area contributed by atoms with Gasteiger partial charge in [0.15, 0.2) is 0 Å². The number of anilines is 2. The molecule has 1 N–H and O–H groups in total. The third-order valence-electron chi connectivity index (χ3n) is 6.19. The minimum absolute atomic E-state index is 0.0794. The molecular weight excluding hydrogens is 428 g/mol. The van der Waals surface area contributed by atoms with E-state index in [9.17, 15) is 5.11 Å². The molecule has 0 bridgehead atoms. The number of benzene rings is 2. The van der Waals surface area contributed by atoms with Gasteiger partial charge in [0.05, 0.1) is 17.1 Å². The highest BCUT2D eigenvalue weighted by Gasteiger charge is 2.15. The maximum absolute atomic E-state index is 10.1. The van der Waals surface area contributed by atoms with Crippen LogP contribution >= 0.6 is 0 Å². The topological polar surface area (TPSA) is 77.9 Å². The van der Waals surface area contributed by atoms with Crippen molar-refractivity contribution in [1.82, 2.24) is 24.8 Å². The van der Waals surface area contributed by atoms with Crippen molar-refractivity contribution in [2.24, 2.45) is 0 Å². The summed E-state index contributed by atoms with van der Waals surface area (Å²) in [5.74, 6) is 0.457. The molecule has 1 saturated heterocycles. The van der Waals surface area contributed by atoms with Crippen LogP contribution in [0.1, 0.15) is 5.56 Å². The largest absolute Gasteiger partial charge is 0.493 e. The molecule has 0 radical (unpaired) electrons. The average molecular weight is 457 g/mol. The van der Waals surface area contributed by atoms with E-state index >= 15 is 0 Å². The number of hydrogen-bond donors (Lipinski definition) is 1. The van der Waals surface area contributed by atoms with Crippen molar-refractivity contribution in [3.05, 3.63) is 72.6 Å². The first kappa shape index (κ1) is 22.1. The van der Waals surface area contributed by atoms with Gasteiger partial charge in [0, 0.05) is 57.3 Å². The number of piperazine rings is 1. The molecule has 0 aliphatic carbocycles. The predicted molar refractivity (Wildman–Crippen MR) is 133 cm³/mol. The van der Waals surface area contributed by atoms with E-state index in [0.29, 0.717) is 16.7 Å².